The highest BCUT2D eigenvalue weighted by molar-refractivity contribution is 5.92. The van der Waals surface area contributed by atoms with Crippen molar-refractivity contribution in [3.05, 3.63) is 48.7 Å². The van der Waals surface area contributed by atoms with Gasteiger partial charge in [-0.2, -0.15) is 5.10 Å². The number of hydrogen-bond acceptors (Lipinski definition) is 6. The second-order valence-electron chi connectivity index (χ2n) is 5.71. The first-order valence-electron chi connectivity index (χ1n) is 7.75. The van der Waals surface area contributed by atoms with Crippen LogP contribution in [0.1, 0.15) is 0 Å². The monoisotopic (exact) mass is 331 g/mol. The number of nitrogens with one attached hydrogen (secondary N) is 1. The summed E-state index contributed by atoms with van der Waals surface area (Å²) in [6.45, 7) is 0.253. The van der Waals surface area contributed by atoms with Crippen molar-refractivity contribution >= 4 is 16.9 Å². The van der Waals surface area contributed by atoms with Crippen LogP contribution in [0.4, 0.5) is 5.82 Å². The molecule has 0 spiro atoms. The highest BCUT2D eigenvalue weighted by Gasteiger charge is 2.16. The van der Waals surface area contributed by atoms with Gasteiger partial charge in [0.05, 0.1) is 11.4 Å². The number of nitrogens with two attached hydrogens (primary N) is 1. The zero-order chi connectivity index (χ0) is 16.8. The second-order valence-corrected chi connectivity index (χ2v) is 5.71. The van der Waals surface area contributed by atoms with E-state index in [0.29, 0.717) is 11.5 Å². The van der Waals surface area contributed by atoms with E-state index in [1.54, 1.807) is 12.3 Å². The van der Waals surface area contributed by atoms with E-state index in [1.807, 2.05) is 36.4 Å². The summed E-state index contributed by atoms with van der Waals surface area (Å²) in [5.74, 6) is 1.97. The van der Waals surface area contributed by atoms with Gasteiger partial charge in [-0.3, -0.25) is 5.10 Å². The number of fused-ring (bicyclic) bond motifs is 2. The number of pyridine rings is 2. The number of ether oxygens (including phenoxy) is 2. The number of nitrogens with zero attached hydrogens (tertiary/aromatic N) is 3. The van der Waals surface area contributed by atoms with E-state index in [2.05, 4.69) is 20.2 Å². The van der Waals surface area contributed by atoms with Gasteiger partial charge in [-0.15, -0.1) is 0 Å². The zero-order valence-corrected chi connectivity index (χ0v) is 13.1. The van der Waals surface area contributed by atoms with Gasteiger partial charge in [0.1, 0.15) is 5.82 Å². The van der Waals surface area contributed by atoms with E-state index in [0.717, 1.165) is 39.4 Å². The van der Waals surface area contributed by atoms with Gasteiger partial charge in [0.2, 0.25) is 6.79 Å². The van der Waals surface area contributed by atoms with Gasteiger partial charge in [0.25, 0.3) is 0 Å². The smallest absolute Gasteiger partial charge is 0.231 e. The number of rotatable bonds is 2. The Morgan fingerprint density at radius 3 is 2.72 bits per heavy atom. The van der Waals surface area contributed by atoms with E-state index < -0.39 is 0 Å². The molecule has 0 saturated heterocycles. The summed E-state index contributed by atoms with van der Waals surface area (Å²) in [6, 6.07) is 13.4. The molecule has 0 radical (unpaired) electrons. The molecule has 0 unspecified atom stereocenters. The fourth-order valence-corrected chi connectivity index (χ4v) is 2.89. The Morgan fingerprint density at radius 2 is 1.84 bits per heavy atom. The van der Waals surface area contributed by atoms with Crippen LogP contribution in [-0.4, -0.2) is 27.0 Å². The minimum Gasteiger partial charge on any atom is -0.454 e. The van der Waals surface area contributed by atoms with Crippen LogP contribution in [0.5, 0.6) is 11.5 Å². The molecule has 0 amide bonds. The number of aromatic nitrogens is 4. The van der Waals surface area contributed by atoms with Gasteiger partial charge >= 0.3 is 0 Å². The summed E-state index contributed by atoms with van der Waals surface area (Å²) in [5, 5.41) is 8.34. The van der Waals surface area contributed by atoms with Gasteiger partial charge in [-0.25, -0.2) is 9.97 Å². The Bertz CT molecular complexity index is 1090. The Morgan fingerprint density at radius 1 is 0.960 bits per heavy atom. The summed E-state index contributed by atoms with van der Waals surface area (Å²) in [7, 11) is 0. The Balaban J connectivity index is 1.58. The van der Waals surface area contributed by atoms with E-state index in [9.17, 15) is 0 Å². The van der Waals surface area contributed by atoms with Crippen LogP contribution in [0.3, 0.4) is 0 Å². The maximum atomic E-state index is 5.63. The highest BCUT2D eigenvalue weighted by Crippen LogP contribution is 2.37. The van der Waals surface area contributed by atoms with Crippen molar-refractivity contribution in [1.29, 1.82) is 0 Å². The number of aromatic amines is 1. The lowest BCUT2D eigenvalue weighted by atomic mass is 10.1. The number of nitrogen functional groups attached to an aromatic ring is 1. The molecule has 1 aliphatic rings. The average Bonchev–Trinajstić information content (AvgIpc) is 3.27. The Hall–Kier alpha value is -3.61. The molecule has 122 valence electrons. The predicted molar refractivity (Wildman–Crippen MR) is 93.1 cm³/mol. The van der Waals surface area contributed by atoms with E-state index in [4.69, 9.17) is 15.2 Å². The maximum Gasteiger partial charge on any atom is 0.231 e. The molecule has 7 heteroatoms. The number of hydrogen-bond donors (Lipinski definition) is 2. The maximum absolute atomic E-state index is 5.63. The molecule has 3 aromatic heterocycles. The molecule has 0 bridgehead atoms. The number of H-pyrrole nitrogens is 1. The first-order valence-corrected chi connectivity index (χ1v) is 7.75. The van der Waals surface area contributed by atoms with Gasteiger partial charge in [0.15, 0.2) is 17.1 Å². The fourth-order valence-electron chi connectivity index (χ4n) is 2.89. The molecule has 0 fully saturated rings. The van der Waals surface area contributed by atoms with Crippen molar-refractivity contribution in [2.45, 2.75) is 0 Å². The molecule has 0 saturated carbocycles. The van der Waals surface area contributed by atoms with Crippen LogP contribution in [-0.2, 0) is 0 Å². The van der Waals surface area contributed by atoms with E-state index in [-0.39, 0.29) is 6.79 Å². The highest BCUT2D eigenvalue weighted by atomic mass is 16.7. The standard InChI is InChI=1S/C18H13N5O2/c19-16-6-2-11(8-20-16)13-4-3-12-17(22-23-18(12)21-13)10-1-5-14-15(7-10)25-9-24-14/h1-8H,9H2,(H2,19,20)(H,21,22,23). The molecule has 0 atom stereocenters. The summed E-state index contributed by atoms with van der Waals surface area (Å²) >= 11 is 0. The first kappa shape index (κ1) is 13.8. The molecular formula is C18H13N5O2. The van der Waals surface area contributed by atoms with Crippen molar-refractivity contribution in [3.63, 3.8) is 0 Å². The topological polar surface area (TPSA) is 98.9 Å². The minimum absolute atomic E-state index is 0.253. The number of anilines is 1. The largest absolute Gasteiger partial charge is 0.454 e. The van der Waals surface area contributed by atoms with Crippen LogP contribution in [0.2, 0.25) is 0 Å². The third-order valence-electron chi connectivity index (χ3n) is 4.16. The molecule has 1 aliphatic heterocycles. The third kappa shape index (κ3) is 2.25. The molecule has 0 aliphatic carbocycles. The van der Waals surface area contributed by atoms with Crippen molar-refractivity contribution in [1.82, 2.24) is 20.2 Å². The predicted octanol–water partition coefficient (Wildman–Crippen LogP) is 3.00. The van der Waals surface area contributed by atoms with Crippen LogP contribution < -0.4 is 15.2 Å². The average molecular weight is 331 g/mol. The van der Waals surface area contributed by atoms with Crippen molar-refractivity contribution < 1.29 is 9.47 Å². The Kier molecular flexibility index (Phi) is 2.87. The molecule has 4 aromatic rings. The molecule has 4 heterocycles. The first-order chi connectivity index (χ1) is 12.3. The summed E-state index contributed by atoms with van der Waals surface area (Å²) in [6.07, 6.45) is 1.70. The molecule has 7 nitrogen and oxygen atoms in total. The fraction of sp³-hybridized carbons (Fsp3) is 0.0556. The van der Waals surface area contributed by atoms with E-state index in [1.165, 1.54) is 0 Å². The summed E-state index contributed by atoms with van der Waals surface area (Å²) < 4.78 is 10.8. The van der Waals surface area contributed by atoms with Gasteiger partial charge in [-0.05, 0) is 42.5 Å². The normalized spacial score (nSPS) is 12.6. The molecular weight excluding hydrogens is 318 g/mol. The van der Waals surface area contributed by atoms with Crippen molar-refractivity contribution in [3.8, 4) is 34.0 Å². The molecule has 5 rings (SSSR count). The Labute approximate surface area is 142 Å². The van der Waals surface area contributed by atoms with Gasteiger partial charge < -0.3 is 15.2 Å². The van der Waals surface area contributed by atoms with Crippen LogP contribution in [0.15, 0.2) is 48.7 Å². The molecule has 1 aromatic carbocycles. The van der Waals surface area contributed by atoms with Gasteiger partial charge in [0, 0.05) is 22.7 Å². The van der Waals surface area contributed by atoms with Crippen molar-refractivity contribution in [2.24, 2.45) is 0 Å². The van der Waals surface area contributed by atoms with Crippen LogP contribution in [0, 0.1) is 0 Å². The zero-order valence-electron chi connectivity index (χ0n) is 13.1. The van der Waals surface area contributed by atoms with E-state index >= 15 is 0 Å². The molecule has 25 heavy (non-hydrogen) atoms. The molecule has 3 N–H and O–H groups in total. The lowest BCUT2D eigenvalue weighted by molar-refractivity contribution is 0.174. The minimum atomic E-state index is 0.253. The summed E-state index contributed by atoms with van der Waals surface area (Å²) in [5.41, 5.74) is 9.82. The van der Waals surface area contributed by atoms with Crippen LogP contribution in [0.25, 0.3) is 33.5 Å². The van der Waals surface area contributed by atoms with Crippen LogP contribution >= 0.6 is 0 Å². The quantitative estimate of drug-likeness (QED) is 0.586. The number of benzene rings is 1. The SMILES string of the molecule is Nc1ccc(-c2ccc3c(-c4ccc5c(c4)OCO5)[nH]nc3n2)cn1. The summed E-state index contributed by atoms with van der Waals surface area (Å²) in [4.78, 5) is 8.72. The third-order valence-corrected chi connectivity index (χ3v) is 4.16. The second kappa shape index (κ2) is 5.20. The lowest BCUT2D eigenvalue weighted by Crippen LogP contribution is -1.92. The van der Waals surface area contributed by atoms with Crippen molar-refractivity contribution in [2.75, 3.05) is 12.5 Å². The lowest BCUT2D eigenvalue weighted by Gasteiger charge is -2.03. The van der Waals surface area contributed by atoms with Gasteiger partial charge in [-0.1, -0.05) is 0 Å².